The molecule has 1 saturated carbocycles. The highest BCUT2D eigenvalue weighted by molar-refractivity contribution is 4.81. The lowest BCUT2D eigenvalue weighted by molar-refractivity contribution is 0.0299. The Hall–Kier alpha value is -0.120. The molecule has 0 spiro atoms. The summed E-state index contributed by atoms with van der Waals surface area (Å²) in [5, 5.41) is 3.45. The lowest BCUT2D eigenvalue weighted by atomic mass is 9.90. The van der Waals surface area contributed by atoms with Crippen LogP contribution in [0.15, 0.2) is 0 Å². The van der Waals surface area contributed by atoms with Crippen LogP contribution in [0.4, 0.5) is 0 Å². The number of ether oxygens (including phenoxy) is 1. The lowest BCUT2D eigenvalue weighted by Gasteiger charge is -2.37. The Morgan fingerprint density at radius 2 is 1.94 bits per heavy atom. The Bertz CT molecular complexity index is 216. The van der Waals surface area contributed by atoms with Gasteiger partial charge in [-0.25, -0.2) is 0 Å². The van der Waals surface area contributed by atoms with Gasteiger partial charge in [-0.15, -0.1) is 0 Å². The summed E-state index contributed by atoms with van der Waals surface area (Å²) in [6, 6.07) is 0.753. The van der Waals surface area contributed by atoms with Gasteiger partial charge in [0.2, 0.25) is 0 Å². The molecule has 1 saturated heterocycles. The highest BCUT2D eigenvalue weighted by Crippen LogP contribution is 2.25. The van der Waals surface area contributed by atoms with E-state index in [0.29, 0.717) is 6.10 Å². The molecule has 17 heavy (non-hydrogen) atoms. The van der Waals surface area contributed by atoms with Crippen LogP contribution in [-0.4, -0.2) is 50.8 Å². The van der Waals surface area contributed by atoms with Crippen LogP contribution in [0.3, 0.4) is 0 Å². The average molecular weight is 240 g/mol. The van der Waals surface area contributed by atoms with Crippen molar-refractivity contribution in [2.45, 2.75) is 50.7 Å². The summed E-state index contributed by atoms with van der Waals surface area (Å²) in [5.41, 5.74) is 0. The van der Waals surface area contributed by atoms with Gasteiger partial charge in [0.1, 0.15) is 0 Å². The highest BCUT2D eigenvalue weighted by atomic mass is 16.5. The monoisotopic (exact) mass is 240 g/mol. The van der Waals surface area contributed by atoms with Crippen molar-refractivity contribution >= 4 is 0 Å². The summed E-state index contributed by atoms with van der Waals surface area (Å²) in [7, 11) is 4.17. The van der Waals surface area contributed by atoms with Gasteiger partial charge in [0.05, 0.1) is 6.10 Å². The zero-order valence-electron chi connectivity index (χ0n) is 11.5. The molecule has 0 amide bonds. The number of methoxy groups -OCH3 is 1. The van der Waals surface area contributed by atoms with Crippen LogP contribution < -0.4 is 5.32 Å². The second-order valence-electron chi connectivity index (χ2n) is 5.81. The van der Waals surface area contributed by atoms with Crippen molar-refractivity contribution in [1.29, 1.82) is 0 Å². The van der Waals surface area contributed by atoms with Crippen LogP contribution in [0, 0.1) is 5.92 Å². The third-order valence-electron chi connectivity index (χ3n) is 4.56. The van der Waals surface area contributed by atoms with Gasteiger partial charge in [-0.3, -0.25) is 0 Å². The van der Waals surface area contributed by atoms with Crippen LogP contribution in [0.1, 0.15) is 38.5 Å². The van der Waals surface area contributed by atoms with Gasteiger partial charge < -0.3 is 15.0 Å². The molecule has 3 nitrogen and oxygen atoms in total. The number of piperidine rings is 1. The standard InChI is InChI=1S/C14H28N2O/c1-16(11-12-6-8-15-9-7-12)13-4-3-5-14(10-13)17-2/h12-15H,3-11H2,1-2H3. The van der Waals surface area contributed by atoms with Gasteiger partial charge in [0.25, 0.3) is 0 Å². The summed E-state index contributed by atoms with van der Waals surface area (Å²) in [4.78, 5) is 2.60. The van der Waals surface area contributed by atoms with Crippen molar-refractivity contribution in [2.24, 2.45) is 5.92 Å². The Morgan fingerprint density at radius 1 is 1.18 bits per heavy atom. The predicted octanol–water partition coefficient (Wildman–Crippen LogP) is 1.88. The summed E-state index contributed by atoms with van der Waals surface area (Å²) in [5.74, 6) is 0.907. The SMILES string of the molecule is COC1CCCC(N(C)CC2CCNCC2)C1. The normalized spacial score (nSPS) is 31.9. The number of nitrogens with zero attached hydrogens (tertiary/aromatic N) is 1. The zero-order valence-corrected chi connectivity index (χ0v) is 11.5. The van der Waals surface area contributed by atoms with E-state index in [2.05, 4.69) is 17.3 Å². The van der Waals surface area contributed by atoms with E-state index in [4.69, 9.17) is 4.74 Å². The molecule has 1 aliphatic carbocycles. The first-order valence-electron chi connectivity index (χ1n) is 7.23. The molecule has 0 aromatic carbocycles. The Balaban J connectivity index is 1.75. The summed E-state index contributed by atoms with van der Waals surface area (Å²) in [6.45, 7) is 3.70. The first kappa shape index (κ1) is 13.3. The first-order valence-corrected chi connectivity index (χ1v) is 7.23. The van der Waals surface area contributed by atoms with Crippen molar-refractivity contribution in [3.63, 3.8) is 0 Å². The van der Waals surface area contributed by atoms with Gasteiger partial charge >= 0.3 is 0 Å². The maximum Gasteiger partial charge on any atom is 0.0586 e. The quantitative estimate of drug-likeness (QED) is 0.812. The molecule has 100 valence electrons. The second kappa shape index (κ2) is 6.72. The van der Waals surface area contributed by atoms with Crippen molar-refractivity contribution in [1.82, 2.24) is 10.2 Å². The molecule has 2 atom stereocenters. The predicted molar refractivity (Wildman–Crippen MR) is 71.3 cm³/mol. The average Bonchev–Trinajstić information content (AvgIpc) is 2.40. The van der Waals surface area contributed by atoms with E-state index < -0.39 is 0 Å². The van der Waals surface area contributed by atoms with Crippen molar-refractivity contribution in [3.8, 4) is 0 Å². The van der Waals surface area contributed by atoms with E-state index in [-0.39, 0.29) is 0 Å². The van der Waals surface area contributed by atoms with Gasteiger partial charge in [0.15, 0.2) is 0 Å². The first-order chi connectivity index (χ1) is 8.29. The smallest absolute Gasteiger partial charge is 0.0586 e. The molecule has 1 aliphatic heterocycles. The molecule has 0 aromatic rings. The molecule has 0 radical (unpaired) electrons. The Kier molecular flexibility index (Phi) is 5.26. The van der Waals surface area contributed by atoms with Crippen LogP contribution in [0.25, 0.3) is 0 Å². The second-order valence-corrected chi connectivity index (χ2v) is 5.81. The van der Waals surface area contributed by atoms with E-state index in [1.54, 1.807) is 0 Å². The minimum absolute atomic E-state index is 0.504. The maximum atomic E-state index is 5.52. The topological polar surface area (TPSA) is 24.5 Å². The maximum absolute atomic E-state index is 5.52. The number of hydrogen-bond acceptors (Lipinski definition) is 3. The molecule has 2 fully saturated rings. The van der Waals surface area contributed by atoms with E-state index in [1.807, 2.05) is 7.11 Å². The molecule has 2 aliphatic rings. The molecule has 3 heteroatoms. The molecule has 1 heterocycles. The zero-order chi connectivity index (χ0) is 12.1. The molecule has 2 unspecified atom stereocenters. The van der Waals surface area contributed by atoms with Crippen molar-refractivity contribution < 1.29 is 4.74 Å². The van der Waals surface area contributed by atoms with Crippen molar-refractivity contribution in [3.05, 3.63) is 0 Å². The number of nitrogens with one attached hydrogen (secondary N) is 1. The summed E-state index contributed by atoms with van der Waals surface area (Å²) in [6.07, 6.45) is 8.40. The number of hydrogen-bond donors (Lipinski definition) is 1. The molecule has 0 bridgehead atoms. The minimum Gasteiger partial charge on any atom is -0.381 e. The Labute approximate surface area is 106 Å². The molecule has 1 N–H and O–H groups in total. The van der Waals surface area contributed by atoms with Crippen LogP contribution in [0.2, 0.25) is 0 Å². The molecule has 0 aromatic heterocycles. The van der Waals surface area contributed by atoms with Gasteiger partial charge in [-0.05, 0) is 64.6 Å². The van der Waals surface area contributed by atoms with Gasteiger partial charge in [-0.1, -0.05) is 0 Å². The van der Waals surface area contributed by atoms with E-state index in [0.717, 1.165) is 12.0 Å². The van der Waals surface area contributed by atoms with Crippen molar-refractivity contribution in [2.75, 3.05) is 33.8 Å². The van der Waals surface area contributed by atoms with E-state index >= 15 is 0 Å². The fraction of sp³-hybridized carbons (Fsp3) is 1.00. The van der Waals surface area contributed by atoms with Crippen LogP contribution in [0.5, 0.6) is 0 Å². The fourth-order valence-corrected chi connectivity index (χ4v) is 3.36. The Morgan fingerprint density at radius 3 is 2.65 bits per heavy atom. The highest BCUT2D eigenvalue weighted by Gasteiger charge is 2.26. The van der Waals surface area contributed by atoms with Crippen LogP contribution >= 0.6 is 0 Å². The van der Waals surface area contributed by atoms with E-state index in [1.165, 1.54) is 58.2 Å². The lowest BCUT2D eigenvalue weighted by Crippen LogP contribution is -2.42. The fourth-order valence-electron chi connectivity index (χ4n) is 3.36. The largest absolute Gasteiger partial charge is 0.381 e. The van der Waals surface area contributed by atoms with Gasteiger partial charge in [-0.2, -0.15) is 0 Å². The number of rotatable bonds is 4. The molecule has 2 rings (SSSR count). The summed E-state index contributed by atoms with van der Waals surface area (Å²) < 4.78 is 5.52. The van der Waals surface area contributed by atoms with E-state index in [9.17, 15) is 0 Å². The molecular weight excluding hydrogens is 212 g/mol. The third-order valence-corrected chi connectivity index (χ3v) is 4.56. The molecular formula is C14H28N2O. The summed E-state index contributed by atoms with van der Waals surface area (Å²) >= 11 is 0. The minimum atomic E-state index is 0.504. The van der Waals surface area contributed by atoms with Gasteiger partial charge in [0, 0.05) is 19.7 Å². The van der Waals surface area contributed by atoms with Crippen LogP contribution in [-0.2, 0) is 4.74 Å². The third kappa shape index (κ3) is 3.94.